The van der Waals surface area contributed by atoms with Crippen LogP contribution in [0, 0.1) is 5.92 Å². The molecule has 1 saturated heterocycles. The average molecular weight is 260 g/mol. The SMILES string of the molecule is CC(C)C(CO)NC(=O)CCN1CCSC1=O. The van der Waals surface area contributed by atoms with E-state index in [1.807, 2.05) is 13.8 Å². The zero-order valence-corrected chi connectivity index (χ0v) is 11.1. The van der Waals surface area contributed by atoms with Crippen LogP contribution in [-0.2, 0) is 4.79 Å². The zero-order valence-electron chi connectivity index (χ0n) is 10.3. The Kier molecular flexibility index (Phi) is 5.77. The quantitative estimate of drug-likeness (QED) is 0.737. The molecule has 6 heteroatoms. The third-order valence-electron chi connectivity index (χ3n) is 2.80. The van der Waals surface area contributed by atoms with Gasteiger partial charge in [0.05, 0.1) is 12.6 Å². The standard InChI is InChI=1S/C11H20N2O3S/c1-8(2)9(7-14)12-10(15)3-4-13-5-6-17-11(13)16/h8-9,14H,3-7H2,1-2H3,(H,12,15). The lowest BCUT2D eigenvalue weighted by Crippen LogP contribution is -2.42. The van der Waals surface area contributed by atoms with E-state index in [4.69, 9.17) is 5.11 Å². The summed E-state index contributed by atoms with van der Waals surface area (Å²) in [4.78, 5) is 24.6. The van der Waals surface area contributed by atoms with E-state index in [1.165, 1.54) is 11.8 Å². The Balaban J connectivity index is 2.27. The topological polar surface area (TPSA) is 69.6 Å². The maximum atomic E-state index is 11.6. The van der Waals surface area contributed by atoms with E-state index in [1.54, 1.807) is 4.90 Å². The molecule has 5 nitrogen and oxygen atoms in total. The molecule has 1 aliphatic heterocycles. The van der Waals surface area contributed by atoms with E-state index < -0.39 is 0 Å². The molecular formula is C11H20N2O3S. The summed E-state index contributed by atoms with van der Waals surface area (Å²) < 4.78 is 0. The van der Waals surface area contributed by atoms with Crippen molar-refractivity contribution in [1.29, 1.82) is 0 Å². The summed E-state index contributed by atoms with van der Waals surface area (Å²) in [6.07, 6.45) is 0.301. The third kappa shape index (κ3) is 4.55. The number of thioether (sulfide) groups is 1. The minimum absolute atomic E-state index is 0.0537. The molecule has 17 heavy (non-hydrogen) atoms. The minimum atomic E-state index is -0.203. The van der Waals surface area contributed by atoms with Crippen LogP contribution < -0.4 is 5.32 Å². The highest BCUT2D eigenvalue weighted by atomic mass is 32.2. The first kappa shape index (κ1) is 14.3. The number of hydrogen-bond donors (Lipinski definition) is 2. The van der Waals surface area contributed by atoms with Gasteiger partial charge in [-0.2, -0.15) is 0 Å². The van der Waals surface area contributed by atoms with E-state index in [9.17, 15) is 9.59 Å². The number of carbonyl (C=O) groups is 2. The normalized spacial score (nSPS) is 17.6. The summed E-state index contributed by atoms with van der Waals surface area (Å²) in [5.41, 5.74) is 0. The van der Waals surface area contributed by atoms with Crippen molar-refractivity contribution in [1.82, 2.24) is 10.2 Å². The summed E-state index contributed by atoms with van der Waals surface area (Å²) in [6, 6.07) is -0.203. The number of aliphatic hydroxyl groups excluding tert-OH is 1. The van der Waals surface area contributed by atoms with Gasteiger partial charge >= 0.3 is 0 Å². The minimum Gasteiger partial charge on any atom is -0.394 e. The first-order valence-corrected chi connectivity index (χ1v) is 6.85. The second-order valence-electron chi connectivity index (χ2n) is 4.45. The van der Waals surface area contributed by atoms with Crippen LogP contribution in [-0.4, -0.2) is 52.6 Å². The Labute approximate surface area is 106 Å². The lowest BCUT2D eigenvalue weighted by molar-refractivity contribution is -0.122. The molecule has 1 unspecified atom stereocenters. The van der Waals surface area contributed by atoms with Crippen LogP contribution in [0.3, 0.4) is 0 Å². The van der Waals surface area contributed by atoms with Gasteiger partial charge in [0.15, 0.2) is 0 Å². The van der Waals surface area contributed by atoms with Gasteiger partial charge in [0.1, 0.15) is 0 Å². The van der Waals surface area contributed by atoms with E-state index in [-0.39, 0.29) is 29.7 Å². The number of hydrogen-bond acceptors (Lipinski definition) is 4. The molecule has 1 rings (SSSR count). The molecule has 0 bridgehead atoms. The largest absolute Gasteiger partial charge is 0.394 e. The average Bonchev–Trinajstić information content (AvgIpc) is 2.68. The summed E-state index contributed by atoms with van der Waals surface area (Å²) >= 11 is 1.30. The maximum Gasteiger partial charge on any atom is 0.281 e. The highest BCUT2D eigenvalue weighted by Gasteiger charge is 2.22. The van der Waals surface area contributed by atoms with Crippen LogP contribution in [0.2, 0.25) is 0 Å². The predicted molar refractivity (Wildman–Crippen MR) is 67.9 cm³/mol. The fraction of sp³-hybridized carbons (Fsp3) is 0.818. The zero-order chi connectivity index (χ0) is 12.8. The summed E-state index contributed by atoms with van der Waals surface area (Å²) in [7, 11) is 0. The smallest absolute Gasteiger partial charge is 0.281 e. The Bertz CT molecular complexity index is 284. The van der Waals surface area contributed by atoms with Gasteiger partial charge in [-0.1, -0.05) is 25.6 Å². The van der Waals surface area contributed by atoms with Crippen LogP contribution in [0.4, 0.5) is 4.79 Å². The van der Waals surface area contributed by atoms with Crippen molar-refractivity contribution in [3.63, 3.8) is 0 Å². The van der Waals surface area contributed by atoms with Gasteiger partial charge in [0.2, 0.25) is 5.91 Å². The van der Waals surface area contributed by atoms with Crippen LogP contribution in [0.1, 0.15) is 20.3 Å². The van der Waals surface area contributed by atoms with Gasteiger partial charge in [0.25, 0.3) is 5.24 Å². The monoisotopic (exact) mass is 260 g/mol. The van der Waals surface area contributed by atoms with Crippen molar-refractivity contribution in [2.24, 2.45) is 5.92 Å². The van der Waals surface area contributed by atoms with Crippen LogP contribution in [0.15, 0.2) is 0 Å². The molecule has 0 saturated carbocycles. The number of aliphatic hydroxyl groups is 1. The Hall–Kier alpha value is -0.750. The Morgan fingerprint density at radius 1 is 1.59 bits per heavy atom. The number of nitrogens with one attached hydrogen (secondary N) is 1. The second-order valence-corrected chi connectivity index (χ2v) is 5.50. The molecule has 0 aromatic carbocycles. The summed E-state index contributed by atoms with van der Waals surface area (Å²) in [5, 5.41) is 11.9. The van der Waals surface area contributed by atoms with Gasteiger partial charge in [0, 0.05) is 25.3 Å². The molecule has 0 radical (unpaired) electrons. The molecule has 1 heterocycles. The van der Waals surface area contributed by atoms with Gasteiger partial charge in [-0.05, 0) is 5.92 Å². The molecule has 0 spiro atoms. The molecular weight excluding hydrogens is 240 g/mol. The summed E-state index contributed by atoms with van der Waals surface area (Å²) in [5.74, 6) is 0.904. The summed E-state index contributed by atoms with van der Waals surface area (Å²) in [6.45, 7) is 5.03. The number of nitrogens with zero attached hydrogens (tertiary/aromatic N) is 1. The molecule has 0 aliphatic carbocycles. The Morgan fingerprint density at radius 3 is 2.76 bits per heavy atom. The third-order valence-corrected chi connectivity index (χ3v) is 3.69. The fourth-order valence-corrected chi connectivity index (χ4v) is 2.42. The highest BCUT2D eigenvalue weighted by molar-refractivity contribution is 8.13. The highest BCUT2D eigenvalue weighted by Crippen LogP contribution is 2.17. The van der Waals surface area contributed by atoms with Crippen molar-refractivity contribution in [3.05, 3.63) is 0 Å². The van der Waals surface area contributed by atoms with Gasteiger partial charge in [-0.15, -0.1) is 0 Å². The lowest BCUT2D eigenvalue weighted by Gasteiger charge is -2.21. The van der Waals surface area contributed by atoms with Crippen LogP contribution in [0.25, 0.3) is 0 Å². The van der Waals surface area contributed by atoms with E-state index in [2.05, 4.69) is 5.32 Å². The van der Waals surface area contributed by atoms with Crippen LogP contribution >= 0.6 is 11.8 Å². The van der Waals surface area contributed by atoms with Crippen molar-refractivity contribution in [2.45, 2.75) is 26.3 Å². The first-order valence-electron chi connectivity index (χ1n) is 5.86. The van der Waals surface area contributed by atoms with E-state index in [0.717, 1.165) is 12.3 Å². The molecule has 1 aliphatic rings. The van der Waals surface area contributed by atoms with Crippen LogP contribution in [0.5, 0.6) is 0 Å². The fourth-order valence-electron chi connectivity index (χ4n) is 1.57. The first-order chi connectivity index (χ1) is 8.04. The Morgan fingerprint density at radius 2 is 2.29 bits per heavy atom. The number of amides is 2. The van der Waals surface area contributed by atoms with Gasteiger partial charge < -0.3 is 15.3 Å². The van der Waals surface area contributed by atoms with Gasteiger partial charge in [-0.25, -0.2) is 0 Å². The molecule has 2 amide bonds. The van der Waals surface area contributed by atoms with Crippen molar-refractivity contribution in [2.75, 3.05) is 25.4 Å². The molecule has 1 atom stereocenters. The number of carbonyl (C=O) groups excluding carboxylic acids is 2. The predicted octanol–water partition coefficient (Wildman–Crippen LogP) is 0.678. The van der Waals surface area contributed by atoms with Crippen molar-refractivity contribution in [3.8, 4) is 0 Å². The maximum absolute atomic E-state index is 11.6. The van der Waals surface area contributed by atoms with Gasteiger partial charge in [-0.3, -0.25) is 9.59 Å². The number of rotatable bonds is 6. The molecule has 0 aromatic rings. The van der Waals surface area contributed by atoms with Crippen molar-refractivity contribution >= 4 is 22.9 Å². The lowest BCUT2D eigenvalue weighted by atomic mass is 10.1. The second kappa shape index (κ2) is 6.86. The molecule has 1 fully saturated rings. The van der Waals surface area contributed by atoms with E-state index in [0.29, 0.717) is 13.0 Å². The van der Waals surface area contributed by atoms with E-state index >= 15 is 0 Å². The molecule has 2 N–H and O–H groups in total. The molecule has 98 valence electrons. The molecule has 0 aromatic heterocycles. The van der Waals surface area contributed by atoms with Crippen molar-refractivity contribution < 1.29 is 14.7 Å².